The Morgan fingerprint density at radius 2 is 2.31 bits per heavy atom. The van der Waals surface area contributed by atoms with Gasteiger partial charge in [-0.3, -0.25) is 5.10 Å². The molecule has 0 unspecified atom stereocenters. The van der Waals surface area contributed by atoms with Gasteiger partial charge in [0.25, 0.3) is 0 Å². The number of nitrogens with zero attached hydrogens (tertiary/aromatic N) is 2. The summed E-state index contributed by atoms with van der Waals surface area (Å²) in [4.78, 5) is 4.03. The van der Waals surface area contributed by atoms with Crippen LogP contribution in [-0.4, -0.2) is 26.8 Å². The van der Waals surface area contributed by atoms with E-state index in [1.165, 1.54) is 6.33 Å². The molecule has 5 heteroatoms. The smallest absolute Gasteiger partial charge is 0.137 e. The standard InChI is InChI=1S/C11H14N4O/c16-10-3-1-2-9(6-10)7-12-5-4-11-13-8-14-15-11/h1-3,6,8,12,16H,4-5,7H2,(H,13,14,15). The van der Waals surface area contributed by atoms with Crippen molar-refractivity contribution in [1.82, 2.24) is 20.5 Å². The molecule has 0 bridgehead atoms. The number of aromatic amines is 1. The molecule has 3 N–H and O–H groups in total. The molecule has 2 rings (SSSR count). The van der Waals surface area contributed by atoms with E-state index >= 15 is 0 Å². The molecule has 16 heavy (non-hydrogen) atoms. The molecule has 2 aromatic rings. The number of aromatic hydroxyl groups is 1. The molecule has 0 radical (unpaired) electrons. The van der Waals surface area contributed by atoms with Crippen LogP contribution in [0.15, 0.2) is 30.6 Å². The molecule has 0 spiro atoms. The summed E-state index contributed by atoms with van der Waals surface area (Å²) in [6.45, 7) is 1.56. The summed E-state index contributed by atoms with van der Waals surface area (Å²) in [6, 6.07) is 7.23. The lowest BCUT2D eigenvalue weighted by molar-refractivity contribution is 0.474. The van der Waals surface area contributed by atoms with E-state index < -0.39 is 0 Å². The molecule has 1 aromatic heterocycles. The van der Waals surface area contributed by atoms with Crippen molar-refractivity contribution in [2.45, 2.75) is 13.0 Å². The zero-order valence-electron chi connectivity index (χ0n) is 8.85. The Hall–Kier alpha value is -1.88. The van der Waals surface area contributed by atoms with E-state index in [-0.39, 0.29) is 0 Å². The van der Waals surface area contributed by atoms with Crippen LogP contribution in [0.2, 0.25) is 0 Å². The van der Waals surface area contributed by atoms with Crippen LogP contribution in [0.3, 0.4) is 0 Å². The molecule has 0 fully saturated rings. The predicted octanol–water partition coefficient (Wildman–Crippen LogP) is 0.843. The average molecular weight is 218 g/mol. The lowest BCUT2D eigenvalue weighted by atomic mass is 10.2. The molecule has 0 amide bonds. The number of rotatable bonds is 5. The zero-order chi connectivity index (χ0) is 11.2. The van der Waals surface area contributed by atoms with Gasteiger partial charge < -0.3 is 10.4 Å². The maximum atomic E-state index is 9.27. The Morgan fingerprint density at radius 1 is 1.38 bits per heavy atom. The monoisotopic (exact) mass is 218 g/mol. The van der Waals surface area contributed by atoms with E-state index in [2.05, 4.69) is 20.5 Å². The number of H-pyrrole nitrogens is 1. The van der Waals surface area contributed by atoms with E-state index in [9.17, 15) is 5.11 Å². The highest BCUT2D eigenvalue weighted by Gasteiger charge is 1.96. The van der Waals surface area contributed by atoms with Crippen molar-refractivity contribution in [2.75, 3.05) is 6.54 Å². The first-order chi connectivity index (χ1) is 7.84. The number of phenolic OH excluding ortho intramolecular Hbond substituents is 1. The van der Waals surface area contributed by atoms with Crippen molar-refractivity contribution in [1.29, 1.82) is 0 Å². The van der Waals surface area contributed by atoms with Gasteiger partial charge in [0.2, 0.25) is 0 Å². The Balaban J connectivity index is 1.72. The SMILES string of the molecule is Oc1cccc(CNCCc2ncn[nH]2)c1. The molecule has 84 valence electrons. The van der Waals surface area contributed by atoms with Crippen LogP contribution in [0.5, 0.6) is 5.75 Å². The quantitative estimate of drug-likeness (QED) is 0.650. The van der Waals surface area contributed by atoms with Gasteiger partial charge in [-0.15, -0.1) is 0 Å². The molecule has 0 aliphatic heterocycles. The van der Waals surface area contributed by atoms with Crippen molar-refractivity contribution in [2.24, 2.45) is 0 Å². The van der Waals surface area contributed by atoms with Gasteiger partial charge in [-0.2, -0.15) is 5.10 Å². The lowest BCUT2D eigenvalue weighted by Gasteiger charge is -2.03. The van der Waals surface area contributed by atoms with Crippen LogP contribution in [0.1, 0.15) is 11.4 Å². The van der Waals surface area contributed by atoms with E-state index in [4.69, 9.17) is 0 Å². The lowest BCUT2D eigenvalue weighted by Crippen LogP contribution is -2.17. The van der Waals surface area contributed by atoms with Crippen molar-refractivity contribution in [3.63, 3.8) is 0 Å². The van der Waals surface area contributed by atoms with E-state index in [0.29, 0.717) is 5.75 Å². The third-order valence-electron chi connectivity index (χ3n) is 2.24. The fourth-order valence-corrected chi connectivity index (χ4v) is 1.46. The van der Waals surface area contributed by atoms with E-state index in [0.717, 1.165) is 30.9 Å². The van der Waals surface area contributed by atoms with Crippen molar-refractivity contribution in [3.05, 3.63) is 42.0 Å². The molecule has 0 aliphatic carbocycles. The average Bonchev–Trinajstić information content (AvgIpc) is 2.77. The van der Waals surface area contributed by atoms with Crippen LogP contribution < -0.4 is 5.32 Å². The molecule has 0 saturated carbocycles. The Morgan fingerprint density at radius 3 is 3.06 bits per heavy atom. The number of benzene rings is 1. The fourth-order valence-electron chi connectivity index (χ4n) is 1.46. The van der Waals surface area contributed by atoms with Crippen LogP contribution >= 0.6 is 0 Å². The molecule has 0 atom stereocenters. The molecular formula is C11H14N4O. The van der Waals surface area contributed by atoms with Gasteiger partial charge in [-0.25, -0.2) is 4.98 Å². The number of aromatic nitrogens is 3. The highest BCUT2D eigenvalue weighted by Crippen LogP contribution is 2.10. The topological polar surface area (TPSA) is 73.8 Å². The molecular weight excluding hydrogens is 204 g/mol. The highest BCUT2D eigenvalue weighted by molar-refractivity contribution is 5.26. The third-order valence-corrected chi connectivity index (χ3v) is 2.24. The van der Waals surface area contributed by atoms with E-state index in [1.54, 1.807) is 12.1 Å². The Bertz CT molecular complexity index is 427. The second-order valence-corrected chi connectivity index (χ2v) is 3.53. The summed E-state index contributed by atoms with van der Waals surface area (Å²) >= 11 is 0. The maximum Gasteiger partial charge on any atom is 0.137 e. The summed E-state index contributed by atoms with van der Waals surface area (Å²) in [5.41, 5.74) is 1.07. The number of hydrogen-bond donors (Lipinski definition) is 3. The van der Waals surface area contributed by atoms with Crippen molar-refractivity contribution >= 4 is 0 Å². The van der Waals surface area contributed by atoms with Crippen molar-refractivity contribution in [3.8, 4) is 5.75 Å². The van der Waals surface area contributed by atoms with Crippen molar-refractivity contribution < 1.29 is 5.11 Å². The van der Waals surface area contributed by atoms with Gasteiger partial charge in [0, 0.05) is 19.5 Å². The minimum atomic E-state index is 0.300. The Labute approximate surface area is 93.5 Å². The number of phenols is 1. The fraction of sp³-hybridized carbons (Fsp3) is 0.273. The third kappa shape index (κ3) is 3.06. The van der Waals surface area contributed by atoms with Gasteiger partial charge in [0.05, 0.1) is 0 Å². The summed E-state index contributed by atoms with van der Waals surface area (Å²) in [6.07, 6.45) is 2.32. The first kappa shape index (κ1) is 10.6. The van der Waals surface area contributed by atoms with Gasteiger partial charge in [0.15, 0.2) is 0 Å². The molecule has 1 heterocycles. The first-order valence-corrected chi connectivity index (χ1v) is 5.17. The number of nitrogens with one attached hydrogen (secondary N) is 2. The van der Waals surface area contributed by atoms with Crippen LogP contribution in [0, 0.1) is 0 Å². The summed E-state index contributed by atoms with van der Waals surface area (Å²) in [5, 5.41) is 19.1. The zero-order valence-corrected chi connectivity index (χ0v) is 8.85. The minimum absolute atomic E-state index is 0.300. The molecule has 5 nitrogen and oxygen atoms in total. The molecule has 0 aliphatic rings. The van der Waals surface area contributed by atoms with Crippen LogP contribution in [-0.2, 0) is 13.0 Å². The van der Waals surface area contributed by atoms with E-state index in [1.807, 2.05) is 12.1 Å². The largest absolute Gasteiger partial charge is 0.508 e. The summed E-state index contributed by atoms with van der Waals surface area (Å²) in [7, 11) is 0. The maximum absolute atomic E-state index is 9.27. The highest BCUT2D eigenvalue weighted by atomic mass is 16.3. The first-order valence-electron chi connectivity index (χ1n) is 5.17. The van der Waals surface area contributed by atoms with Gasteiger partial charge in [-0.1, -0.05) is 12.1 Å². The second kappa shape index (κ2) is 5.27. The van der Waals surface area contributed by atoms with Gasteiger partial charge >= 0.3 is 0 Å². The minimum Gasteiger partial charge on any atom is -0.508 e. The summed E-state index contributed by atoms with van der Waals surface area (Å²) in [5.74, 6) is 1.18. The van der Waals surface area contributed by atoms with Gasteiger partial charge in [0.1, 0.15) is 17.9 Å². The Kier molecular flexibility index (Phi) is 3.50. The summed E-state index contributed by atoms with van der Waals surface area (Å²) < 4.78 is 0. The molecule has 1 aromatic carbocycles. The van der Waals surface area contributed by atoms with Crippen LogP contribution in [0.25, 0.3) is 0 Å². The second-order valence-electron chi connectivity index (χ2n) is 3.53. The molecule has 0 saturated heterocycles. The van der Waals surface area contributed by atoms with Gasteiger partial charge in [-0.05, 0) is 17.7 Å². The van der Waals surface area contributed by atoms with Crippen LogP contribution in [0.4, 0.5) is 0 Å². The number of hydrogen-bond acceptors (Lipinski definition) is 4. The normalized spacial score (nSPS) is 10.5. The predicted molar refractivity (Wildman–Crippen MR) is 59.9 cm³/mol.